The first-order chi connectivity index (χ1) is 11.7. The lowest BCUT2D eigenvalue weighted by atomic mass is 10.0. The van der Waals surface area contributed by atoms with Crippen molar-refractivity contribution in [1.29, 1.82) is 0 Å². The number of carbonyl (C=O) groups is 2. The van der Waals surface area contributed by atoms with E-state index in [1.54, 1.807) is 0 Å². The van der Waals surface area contributed by atoms with Gasteiger partial charge in [0.1, 0.15) is 0 Å². The zero-order chi connectivity index (χ0) is 16.9. The average molecular weight is 330 g/mol. The number of hydrogen-bond donors (Lipinski definition) is 3. The van der Waals surface area contributed by atoms with Gasteiger partial charge in [-0.2, -0.15) is 0 Å². The van der Waals surface area contributed by atoms with E-state index in [9.17, 15) is 9.59 Å². The van der Waals surface area contributed by atoms with E-state index in [1.165, 1.54) is 11.1 Å². The zero-order valence-corrected chi connectivity index (χ0v) is 14.0. The molecule has 1 saturated heterocycles. The van der Waals surface area contributed by atoms with Gasteiger partial charge in [-0.15, -0.1) is 0 Å². The van der Waals surface area contributed by atoms with E-state index in [0.717, 1.165) is 51.1 Å². The van der Waals surface area contributed by atoms with Gasteiger partial charge >= 0.3 is 0 Å². The molecule has 24 heavy (non-hydrogen) atoms. The molecule has 4 N–H and O–H groups in total. The van der Waals surface area contributed by atoms with E-state index in [-0.39, 0.29) is 17.9 Å². The van der Waals surface area contributed by atoms with Gasteiger partial charge in [-0.1, -0.05) is 18.6 Å². The monoisotopic (exact) mass is 330 g/mol. The lowest BCUT2D eigenvalue weighted by molar-refractivity contribution is -0.137. The molecule has 0 radical (unpaired) electrons. The molecule has 2 aliphatic heterocycles. The Bertz CT molecular complexity index is 617. The van der Waals surface area contributed by atoms with E-state index in [2.05, 4.69) is 33.7 Å². The lowest BCUT2D eigenvalue weighted by Gasteiger charge is -2.29. The van der Waals surface area contributed by atoms with E-state index in [4.69, 9.17) is 5.73 Å². The minimum atomic E-state index is -0.201. The number of fused-ring (bicyclic) bond motifs is 1. The summed E-state index contributed by atoms with van der Waals surface area (Å²) in [6.07, 6.45) is 4.35. The maximum absolute atomic E-state index is 12.1. The van der Waals surface area contributed by atoms with Gasteiger partial charge in [0.25, 0.3) is 0 Å². The Balaban J connectivity index is 1.61. The molecule has 130 valence electrons. The van der Waals surface area contributed by atoms with Gasteiger partial charge in [0, 0.05) is 31.7 Å². The Hall–Kier alpha value is -1.92. The zero-order valence-electron chi connectivity index (χ0n) is 14.0. The maximum Gasteiger partial charge on any atom is 0.243 e. The largest absolute Gasteiger partial charge is 0.385 e. The third-order valence-electron chi connectivity index (χ3n) is 4.85. The fourth-order valence-corrected chi connectivity index (χ4v) is 3.53. The number of nitrogens with one attached hydrogen (secondary N) is 2. The molecule has 1 unspecified atom stereocenters. The van der Waals surface area contributed by atoms with E-state index in [0.29, 0.717) is 12.8 Å². The highest BCUT2D eigenvalue weighted by Crippen LogP contribution is 2.32. The fourth-order valence-electron chi connectivity index (χ4n) is 3.53. The van der Waals surface area contributed by atoms with Crippen molar-refractivity contribution in [2.24, 2.45) is 5.73 Å². The number of nitrogens with zero attached hydrogens (tertiary/aromatic N) is 1. The number of hydrogen-bond acceptors (Lipinski definition) is 5. The van der Waals surface area contributed by atoms with Crippen molar-refractivity contribution < 1.29 is 9.59 Å². The van der Waals surface area contributed by atoms with Crippen molar-refractivity contribution in [1.82, 2.24) is 10.2 Å². The molecule has 2 heterocycles. The van der Waals surface area contributed by atoms with Crippen LogP contribution in [0.2, 0.25) is 0 Å². The lowest BCUT2D eigenvalue weighted by Crippen LogP contribution is -2.50. The molecule has 1 fully saturated rings. The van der Waals surface area contributed by atoms with Crippen molar-refractivity contribution in [3.8, 4) is 0 Å². The quantitative estimate of drug-likeness (QED) is 0.519. The number of anilines is 1. The number of imide groups is 1. The highest BCUT2D eigenvalue weighted by Gasteiger charge is 2.35. The van der Waals surface area contributed by atoms with E-state index in [1.807, 2.05) is 0 Å². The average Bonchev–Trinajstić information content (AvgIpc) is 2.99. The van der Waals surface area contributed by atoms with Crippen LogP contribution >= 0.6 is 0 Å². The van der Waals surface area contributed by atoms with Crippen LogP contribution in [-0.2, 0) is 22.7 Å². The Morgan fingerprint density at radius 2 is 2.08 bits per heavy atom. The van der Waals surface area contributed by atoms with Crippen LogP contribution in [0.1, 0.15) is 43.2 Å². The normalized spacial score (nSPS) is 20.8. The topological polar surface area (TPSA) is 87.5 Å². The molecule has 0 aliphatic carbocycles. The third-order valence-corrected chi connectivity index (χ3v) is 4.85. The summed E-state index contributed by atoms with van der Waals surface area (Å²) >= 11 is 0. The van der Waals surface area contributed by atoms with Gasteiger partial charge in [-0.05, 0) is 43.0 Å². The number of rotatable bonds is 7. The van der Waals surface area contributed by atoms with Crippen LogP contribution in [-0.4, -0.2) is 35.8 Å². The number of carbonyl (C=O) groups excluding carboxylic acids is 2. The van der Waals surface area contributed by atoms with Crippen molar-refractivity contribution >= 4 is 17.5 Å². The van der Waals surface area contributed by atoms with Crippen LogP contribution in [0.5, 0.6) is 0 Å². The van der Waals surface area contributed by atoms with Crippen LogP contribution in [0.4, 0.5) is 5.69 Å². The minimum absolute atomic E-state index is 0.157. The molecule has 0 saturated carbocycles. The van der Waals surface area contributed by atoms with Gasteiger partial charge in [0.05, 0.1) is 6.04 Å². The summed E-state index contributed by atoms with van der Waals surface area (Å²) in [5.74, 6) is -0.317. The fraction of sp³-hybridized carbons (Fsp3) is 0.556. The second-order valence-corrected chi connectivity index (χ2v) is 6.59. The smallest absolute Gasteiger partial charge is 0.243 e. The summed E-state index contributed by atoms with van der Waals surface area (Å²) in [7, 11) is 0. The van der Waals surface area contributed by atoms with Gasteiger partial charge in [-0.25, -0.2) is 0 Å². The van der Waals surface area contributed by atoms with Crippen molar-refractivity contribution in [2.75, 3.05) is 18.4 Å². The van der Waals surface area contributed by atoms with Crippen LogP contribution < -0.4 is 16.4 Å². The molecule has 1 aromatic rings. The Kier molecular flexibility index (Phi) is 5.48. The molecule has 6 heteroatoms. The predicted molar refractivity (Wildman–Crippen MR) is 93.3 cm³/mol. The Morgan fingerprint density at radius 3 is 2.88 bits per heavy atom. The molecule has 2 amide bonds. The van der Waals surface area contributed by atoms with Gasteiger partial charge < -0.3 is 11.1 Å². The summed E-state index contributed by atoms with van der Waals surface area (Å²) in [5.41, 5.74) is 9.23. The number of amides is 2. The standard InChI is InChI=1S/C18H26N4O2/c19-9-2-1-3-10-20-15-6-4-5-13-11-22(12-14(13)15)16-7-8-17(23)21-18(16)24/h4-6,16,20H,1-3,7-12,19H2,(H,21,23,24). The molecule has 1 aromatic carbocycles. The highest BCUT2D eigenvalue weighted by molar-refractivity contribution is 6.00. The summed E-state index contributed by atoms with van der Waals surface area (Å²) in [4.78, 5) is 25.6. The van der Waals surface area contributed by atoms with Crippen LogP contribution in [0.3, 0.4) is 0 Å². The molecule has 3 rings (SSSR count). The number of benzene rings is 1. The van der Waals surface area contributed by atoms with Crippen molar-refractivity contribution in [3.63, 3.8) is 0 Å². The molecule has 0 spiro atoms. The number of nitrogens with two attached hydrogens (primary N) is 1. The Labute approximate surface area is 142 Å². The third kappa shape index (κ3) is 3.76. The van der Waals surface area contributed by atoms with Crippen LogP contribution in [0, 0.1) is 0 Å². The van der Waals surface area contributed by atoms with Crippen LogP contribution in [0.25, 0.3) is 0 Å². The molecular weight excluding hydrogens is 304 g/mol. The SMILES string of the molecule is NCCCCCNc1cccc2c1CN(C1CCC(=O)NC1=O)C2. The first-order valence-electron chi connectivity index (χ1n) is 8.81. The van der Waals surface area contributed by atoms with Crippen molar-refractivity contribution in [3.05, 3.63) is 29.3 Å². The summed E-state index contributed by atoms with van der Waals surface area (Å²) in [5, 5.41) is 5.98. The van der Waals surface area contributed by atoms with Crippen LogP contribution in [0.15, 0.2) is 18.2 Å². The maximum atomic E-state index is 12.1. The Morgan fingerprint density at radius 1 is 1.21 bits per heavy atom. The molecule has 0 aromatic heterocycles. The highest BCUT2D eigenvalue weighted by atomic mass is 16.2. The molecular formula is C18H26N4O2. The summed E-state index contributed by atoms with van der Waals surface area (Å²) in [6, 6.07) is 6.10. The van der Waals surface area contributed by atoms with Gasteiger partial charge in [0.2, 0.25) is 11.8 Å². The minimum Gasteiger partial charge on any atom is -0.385 e. The summed E-state index contributed by atoms with van der Waals surface area (Å²) in [6.45, 7) is 3.22. The van der Waals surface area contributed by atoms with E-state index >= 15 is 0 Å². The van der Waals surface area contributed by atoms with Gasteiger partial charge in [-0.3, -0.25) is 19.8 Å². The molecule has 6 nitrogen and oxygen atoms in total. The van der Waals surface area contributed by atoms with E-state index < -0.39 is 0 Å². The first-order valence-corrected chi connectivity index (χ1v) is 8.81. The first kappa shape index (κ1) is 16.9. The van der Waals surface area contributed by atoms with Gasteiger partial charge in [0.15, 0.2) is 0 Å². The number of piperidine rings is 1. The number of unbranched alkanes of at least 4 members (excludes halogenated alkanes) is 2. The molecule has 2 aliphatic rings. The van der Waals surface area contributed by atoms with Crippen molar-refractivity contribution in [2.45, 2.75) is 51.2 Å². The summed E-state index contributed by atoms with van der Waals surface area (Å²) < 4.78 is 0. The second-order valence-electron chi connectivity index (χ2n) is 6.59. The predicted octanol–water partition coefficient (Wildman–Crippen LogP) is 1.35. The second kappa shape index (κ2) is 7.77. The molecule has 1 atom stereocenters. The molecule has 0 bridgehead atoms.